The van der Waals surface area contributed by atoms with Gasteiger partial charge in [-0.25, -0.2) is 4.79 Å². The van der Waals surface area contributed by atoms with Crippen molar-refractivity contribution in [1.82, 2.24) is 5.32 Å². The Morgan fingerprint density at radius 2 is 1.67 bits per heavy atom. The highest BCUT2D eigenvalue weighted by Crippen LogP contribution is 2.28. The van der Waals surface area contributed by atoms with Crippen LogP contribution >= 0.6 is 0 Å². The Morgan fingerprint density at radius 1 is 0.967 bits per heavy atom. The topological polar surface area (TPSA) is 103 Å². The van der Waals surface area contributed by atoms with Crippen LogP contribution in [-0.2, 0) is 9.53 Å². The van der Waals surface area contributed by atoms with E-state index in [1.54, 1.807) is 36.4 Å². The van der Waals surface area contributed by atoms with Gasteiger partial charge in [0.2, 0.25) is 0 Å². The van der Waals surface area contributed by atoms with Crippen molar-refractivity contribution in [3.8, 4) is 11.5 Å². The molecular formula is C22H26N2O6. The fourth-order valence-electron chi connectivity index (χ4n) is 2.50. The van der Waals surface area contributed by atoms with E-state index in [0.717, 1.165) is 12.8 Å². The van der Waals surface area contributed by atoms with E-state index in [1.165, 1.54) is 20.2 Å². The van der Waals surface area contributed by atoms with Crippen molar-refractivity contribution in [3.63, 3.8) is 0 Å². The number of nitrogens with one attached hydrogen (secondary N) is 2. The molecule has 0 aliphatic carbocycles. The highest BCUT2D eigenvalue weighted by Gasteiger charge is 2.14. The van der Waals surface area contributed by atoms with Crippen molar-refractivity contribution >= 4 is 23.5 Å². The van der Waals surface area contributed by atoms with E-state index in [9.17, 15) is 14.4 Å². The van der Waals surface area contributed by atoms with Gasteiger partial charge in [-0.2, -0.15) is 0 Å². The molecule has 0 saturated heterocycles. The lowest BCUT2D eigenvalue weighted by Crippen LogP contribution is -2.21. The summed E-state index contributed by atoms with van der Waals surface area (Å²) in [5.41, 5.74) is 1.20. The summed E-state index contributed by atoms with van der Waals surface area (Å²) in [4.78, 5) is 35.8. The Balaban J connectivity index is 1.90. The van der Waals surface area contributed by atoms with E-state index in [4.69, 9.17) is 14.2 Å². The summed E-state index contributed by atoms with van der Waals surface area (Å²) in [7, 11) is 3.02. The first-order valence-electron chi connectivity index (χ1n) is 9.58. The van der Waals surface area contributed by atoms with Gasteiger partial charge in [-0.1, -0.05) is 13.3 Å². The molecule has 2 aromatic rings. The van der Waals surface area contributed by atoms with Crippen molar-refractivity contribution in [2.75, 3.05) is 32.7 Å². The van der Waals surface area contributed by atoms with Crippen molar-refractivity contribution < 1.29 is 28.6 Å². The van der Waals surface area contributed by atoms with E-state index in [1.807, 2.05) is 0 Å². The third-order valence-electron chi connectivity index (χ3n) is 4.15. The van der Waals surface area contributed by atoms with Gasteiger partial charge in [-0.05, 0) is 48.9 Å². The monoisotopic (exact) mass is 414 g/mol. The molecule has 0 unspecified atom stereocenters. The Kier molecular flexibility index (Phi) is 8.68. The first kappa shape index (κ1) is 22.7. The van der Waals surface area contributed by atoms with Crippen LogP contribution in [0.5, 0.6) is 11.5 Å². The first-order valence-corrected chi connectivity index (χ1v) is 9.58. The second-order valence-corrected chi connectivity index (χ2v) is 6.35. The Hall–Kier alpha value is -3.55. The van der Waals surface area contributed by atoms with Crippen LogP contribution in [0.25, 0.3) is 0 Å². The van der Waals surface area contributed by atoms with E-state index in [-0.39, 0.29) is 11.5 Å². The van der Waals surface area contributed by atoms with E-state index in [0.29, 0.717) is 29.4 Å². The highest BCUT2D eigenvalue weighted by molar-refractivity contribution is 5.97. The van der Waals surface area contributed by atoms with Gasteiger partial charge in [-0.15, -0.1) is 0 Å². The summed E-state index contributed by atoms with van der Waals surface area (Å²) in [6.45, 7) is 2.17. The number of unbranched alkanes of at least 4 members (excludes halogenated alkanes) is 1. The Labute approximate surface area is 175 Å². The van der Waals surface area contributed by atoms with Crippen LogP contribution in [0.4, 0.5) is 5.69 Å². The summed E-state index contributed by atoms with van der Waals surface area (Å²) in [5, 5.41) is 5.11. The van der Waals surface area contributed by atoms with Crippen LogP contribution in [0.2, 0.25) is 0 Å². The number of hydrogen-bond donors (Lipinski definition) is 2. The number of ether oxygens (including phenoxy) is 3. The molecule has 0 aromatic heterocycles. The smallest absolute Gasteiger partial charge is 0.338 e. The van der Waals surface area contributed by atoms with Gasteiger partial charge < -0.3 is 24.8 Å². The van der Waals surface area contributed by atoms with Crippen LogP contribution in [0.15, 0.2) is 42.5 Å². The number of carbonyl (C=O) groups is 3. The minimum atomic E-state index is -0.654. The SMILES string of the molecule is CCCCOc1ccc(C(=O)OCC(=O)Nc2ccc(C(=O)NC)cc2)cc1OC. The van der Waals surface area contributed by atoms with Gasteiger partial charge in [-0.3, -0.25) is 9.59 Å². The summed E-state index contributed by atoms with van der Waals surface area (Å²) in [5.74, 6) is -0.415. The van der Waals surface area contributed by atoms with E-state index < -0.39 is 18.5 Å². The maximum absolute atomic E-state index is 12.3. The molecule has 0 aliphatic heterocycles. The zero-order valence-corrected chi connectivity index (χ0v) is 17.3. The number of rotatable bonds is 10. The molecule has 30 heavy (non-hydrogen) atoms. The van der Waals surface area contributed by atoms with Gasteiger partial charge in [0, 0.05) is 18.3 Å². The van der Waals surface area contributed by atoms with Crippen molar-refractivity contribution in [2.45, 2.75) is 19.8 Å². The van der Waals surface area contributed by atoms with Crippen molar-refractivity contribution in [1.29, 1.82) is 0 Å². The number of benzene rings is 2. The fourth-order valence-corrected chi connectivity index (χ4v) is 2.50. The average molecular weight is 414 g/mol. The molecule has 0 bridgehead atoms. The first-order chi connectivity index (χ1) is 14.5. The summed E-state index contributed by atoms with van der Waals surface area (Å²) in [6.07, 6.45) is 1.92. The highest BCUT2D eigenvalue weighted by atomic mass is 16.5. The molecule has 0 atom stereocenters. The molecule has 2 N–H and O–H groups in total. The molecule has 2 amide bonds. The third kappa shape index (κ3) is 6.51. The number of anilines is 1. The van der Waals surface area contributed by atoms with Crippen LogP contribution < -0.4 is 20.1 Å². The fraction of sp³-hybridized carbons (Fsp3) is 0.318. The van der Waals surface area contributed by atoms with Crippen LogP contribution in [0.1, 0.15) is 40.5 Å². The molecule has 0 heterocycles. The zero-order chi connectivity index (χ0) is 21.9. The number of amides is 2. The molecule has 8 nitrogen and oxygen atoms in total. The standard InChI is InChI=1S/C22H26N2O6/c1-4-5-12-29-18-11-8-16(13-19(18)28-3)22(27)30-14-20(25)24-17-9-6-15(7-10-17)21(26)23-2/h6-11,13H,4-5,12,14H2,1-3H3,(H,23,26)(H,24,25). The van der Waals surface area contributed by atoms with Crippen LogP contribution in [0, 0.1) is 0 Å². The second-order valence-electron chi connectivity index (χ2n) is 6.35. The molecule has 8 heteroatoms. The quantitative estimate of drug-likeness (QED) is 0.458. The molecule has 2 aromatic carbocycles. The van der Waals surface area contributed by atoms with Crippen LogP contribution in [0.3, 0.4) is 0 Å². The van der Waals surface area contributed by atoms with E-state index in [2.05, 4.69) is 17.6 Å². The molecule has 0 spiro atoms. The van der Waals surface area contributed by atoms with Gasteiger partial charge in [0.1, 0.15) is 0 Å². The number of methoxy groups -OCH3 is 1. The Morgan fingerprint density at radius 3 is 2.30 bits per heavy atom. The van der Waals surface area contributed by atoms with Gasteiger partial charge in [0.25, 0.3) is 11.8 Å². The minimum absolute atomic E-state index is 0.223. The molecular weight excluding hydrogens is 388 g/mol. The number of esters is 1. The molecule has 0 saturated carbocycles. The van der Waals surface area contributed by atoms with Gasteiger partial charge >= 0.3 is 5.97 Å². The largest absolute Gasteiger partial charge is 0.493 e. The summed E-state index contributed by atoms with van der Waals surface area (Å²) in [6, 6.07) is 11.0. The van der Waals surface area contributed by atoms with Gasteiger partial charge in [0.15, 0.2) is 18.1 Å². The Bertz CT molecular complexity index is 880. The normalized spacial score (nSPS) is 10.1. The van der Waals surface area contributed by atoms with Crippen molar-refractivity contribution in [2.24, 2.45) is 0 Å². The minimum Gasteiger partial charge on any atom is -0.493 e. The van der Waals surface area contributed by atoms with Crippen LogP contribution in [-0.4, -0.2) is 45.2 Å². The predicted octanol–water partition coefficient (Wildman–Crippen LogP) is 3.03. The molecule has 0 fully saturated rings. The lowest BCUT2D eigenvalue weighted by molar-refractivity contribution is -0.119. The summed E-state index contributed by atoms with van der Waals surface area (Å²) >= 11 is 0. The average Bonchev–Trinajstić information content (AvgIpc) is 2.77. The molecule has 0 radical (unpaired) electrons. The third-order valence-corrected chi connectivity index (χ3v) is 4.15. The number of carbonyl (C=O) groups excluding carboxylic acids is 3. The lowest BCUT2D eigenvalue weighted by Gasteiger charge is -2.12. The molecule has 0 aliphatic rings. The maximum atomic E-state index is 12.3. The maximum Gasteiger partial charge on any atom is 0.338 e. The van der Waals surface area contributed by atoms with Gasteiger partial charge in [0.05, 0.1) is 19.3 Å². The molecule has 160 valence electrons. The number of hydrogen-bond acceptors (Lipinski definition) is 6. The van der Waals surface area contributed by atoms with E-state index >= 15 is 0 Å². The summed E-state index contributed by atoms with van der Waals surface area (Å²) < 4.78 is 16.0. The zero-order valence-electron chi connectivity index (χ0n) is 17.3. The lowest BCUT2D eigenvalue weighted by atomic mass is 10.2. The molecule has 2 rings (SSSR count). The predicted molar refractivity (Wildman–Crippen MR) is 112 cm³/mol. The van der Waals surface area contributed by atoms with Crippen molar-refractivity contribution in [3.05, 3.63) is 53.6 Å². The second kappa shape index (κ2) is 11.5.